The molecular weight excluding hydrogens is 1240 g/mol. The van der Waals surface area contributed by atoms with Crippen molar-refractivity contribution in [3.05, 3.63) is 12.2 Å². The van der Waals surface area contributed by atoms with E-state index in [-0.39, 0.29) is 61.5 Å². The van der Waals surface area contributed by atoms with E-state index in [1.807, 2.05) is 68.4 Å². The largest absolute Gasteiger partial charge is 0.390 e. The Morgan fingerprint density at radius 3 is 1.38 bits per heavy atom. The molecule has 25 nitrogen and oxygen atoms in total. The summed E-state index contributed by atoms with van der Waals surface area (Å²) in [5, 5.41) is 23.5. The lowest BCUT2D eigenvalue weighted by Gasteiger charge is -2.41. The van der Waals surface area contributed by atoms with Crippen molar-refractivity contribution in [1.82, 2.24) is 60.5 Å². The third-order valence-corrected chi connectivity index (χ3v) is 19.3. The number of likely N-dealkylation sites (N-methyl/N-ethyl adjacent to an activating group) is 7. The van der Waals surface area contributed by atoms with Crippen LogP contribution in [-0.4, -0.2) is 276 Å². The summed E-state index contributed by atoms with van der Waals surface area (Å²) in [6, 6.07) is -13.8. The second-order valence-electron chi connectivity index (χ2n) is 28.8. The zero-order chi connectivity index (χ0) is 72.8. The minimum Gasteiger partial charge on any atom is -0.390 e. The lowest BCUT2D eigenvalue weighted by Crippen LogP contribution is -2.64. The Bertz CT molecular complexity index is 2580. The number of hydrogen-bond donors (Lipinski definition) is 5. The van der Waals surface area contributed by atoms with Crippen LogP contribution in [-0.2, 0) is 57.5 Å². The maximum absolute atomic E-state index is 15.4. The van der Waals surface area contributed by atoms with Crippen LogP contribution >= 0.6 is 11.8 Å². The van der Waals surface area contributed by atoms with E-state index in [9.17, 15) is 29.1 Å². The Kier molecular flexibility index (Phi) is 36.0. The number of nitrogens with one attached hydrogen (secondary N) is 4. The Morgan fingerprint density at radius 1 is 0.484 bits per heavy atom. The van der Waals surface area contributed by atoms with Gasteiger partial charge in [-0.1, -0.05) is 109 Å². The number of carbonyl (C=O) groups excluding carboxylic acids is 11. The molecule has 2 saturated heterocycles. The number of rotatable bonds is 20. The molecule has 0 aromatic heterocycles. The molecule has 95 heavy (non-hydrogen) atoms. The molecule has 11 amide bonds. The summed E-state index contributed by atoms with van der Waals surface area (Å²) in [5.74, 6) is -9.12. The standard InChI is InChI=1S/C69H124N12O13S/c1-25-27-28-46(15)58(82)57-62(86)72-49(26-2)64(88)78(22)54(39-95-34-31-81-29-32-94-33-30-81)67(91)74(18)51(36-41(5)6)61(85)73-55(44(11)12)68(92)75(19)50(35-40(3)4)60(84)70-47(16)59(83)71-48(17)63(87)76(20)52(37-42(7)8)65(89)77(21)53(38-43(9)10)66(90)79(23)56(45(13)14)69(93)80(57)24/h25,27,40-58,82H,26,28-39H2,1-24H3,(H,70,84)(H,71,83)(H,72,86)(H,73,85)/t46-,47-,48+,49-,50-,51+,52-,53-,54-,55-,56-,57-,58-/m1/s1. The van der Waals surface area contributed by atoms with Crippen LogP contribution < -0.4 is 21.3 Å². The maximum Gasteiger partial charge on any atom is 0.246 e. The highest BCUT2D eigenvalue weighted by Crippen LogP contribution is 2.27. The predicted octanol–water partition coefficient (Wildman–Crippen LogP) is 3.70. The second kappa shape index (κ2) is 40.1. The van der Waals surface area contributed by atoms with Crippen molar-refractivity contribution < 1.29 is 62.6 Å². The normalized spacial score (nSPS) is 27.3. The molecule has 544 valence electrons. The number of carbonyl (C=O) groups is 11. The monoisotopic (exact) mass is 1360 g/mol. The van der Waals surface area contributed by atoms with Crippen LogP contribution in [0.3, 0.4) is 0 Å². The Balaban J connectivity index is 3.09. The molecular formula is C69H124N12O13S. The lowest BCUT2D eigenvalue weighted by molar-refractivity contribution is -0.157. The van der Waals surface area contributed by atoms with Crippen molar-refractivity contribution in [1.29, 1.82) is 0 Å². The zero-order valence-electron chi connectivity index (χ0n) is 62.1. The summed E-state index contributed by atoms with van der Waals surface area (Å²) in [7, 11) is 10.1. The lowest BCUT2D eigenvalue weighted by atomic mass is 9.91. The first kappa shape index (κ1) is 85.2. The van der Waals surface area contributed by atoms with E-state index in [4.69, 9.17) is 4.74 Å². The van der Waals surface area contributed by atoms with Crippen LogP contribution in [0.25, 0.3) is 0 Å². The summed E-state index contributed by atoms with van der Waals surface area (Å²) in [6.07, 6.45) is 2.98. The summed E-state index contributed by atoms with van der Waals surface area (Å²) in [5.41, 5.74) is 0. The quantitative estimate of drug-likeness (QED) is 0.0858. The van der Waals surface area contributed by atoms with Gasteiger partial charge in [0.2, 0.25) is 65.0 Å². The van der Waals surface area contributed by atoms with Crippen LogP contribution in [0.4, 0.5) is 0 Å². The van der Waals surface area contributed by atoms with Crippen molar-refractivity contribution in [2.24, 2.45) is 41.4 Å². The molecule has 0 aromatic rings. The minimum atomic E-state index is -1.64. The van der Waals surface area contributed by atoms with Gasteiger partial charge in [0.1, 0.15) is 66.5 Å². The van der Waals surface area contributed by atoms with Gasteiger partial charge >= 0.3 is 0 Å². The van der Waals surface area contributed by atoms with Crippen LogP contribution in [0.5, 0.6) is 0 Å². The number of aliphatic hydroxyl groups is 1. The van der Waals surface area contributed by atoms with Gasteiger partial charge in [-0.15, -0.1) is 0 Å². The Hall–Kier alpha value is -5.86. The number of allylic oxidation sites excluding steroid dienone is 2. The van der Waals surface area contributed by atoms with Crippen LogP contribution in [0, 0.1) is 41.4 Å². The van der Waals surface area contributed by atoms with Gasteiger partial charge in [0.25, 0.3) is 0 Å². The molecule has 0 aliphatic carbocycles. The van der Waals surface area contributed by atoms with Crippen molar-refractivity contribution in [3.63, 3.8) is 0 Å². The van der Waals surface area contributed by atoms with Gasteiger partial charge in [-0.05, 0) is 101 Å². The molecule has 0 aromatic carbocycles. The van der Waals surface area contributed by atoms with E-state index in [1.54, 1.807) is 47.6 Å². The molecule has 26 heteroatoms. The molecule has 0 radical (unpaired) electrons. The van der Waals surface area contributed by atoms with E-state index in [0.29, 0.717) is 31.9 Å². The van der Waals surface area contributed by atoms with Crippen LogP contribution in [0.2, 0.25) is 0 Å². The number of ether oxygens (including phenoxy) is 1. The average molecular weight is 1360 g/mol. The number of morpholine rings is 1. The van der Waals surface area contributed by atoms with Gasteiger partial charge in [-0.3, -0.25) is 57.6 Å². The molecule has 5 N–H and O–H groups in total. The Morgan fingerprint density at radius 2 is 0.905 bits per heavy atom. The summed E-state index contributed by atoms with van der Waals surface area (Å²) in [6.45, 7) is 33.4. The number of thioether (sulfide) groups is 1. The molecule has 2 aliphatic rings. The first-order valence-electron chi connectivity index (χ1n) is 34.5. The number of hydrogen-bond acceptors (Lipinski definition) is 15. The molecule has 0 bridgehead atoms. The van der Waals surface area contributed by atoms with E-state index in [1.165, 1.54) is 104 Å². The van der Waals surface area contributed by atoms with Gasteiger partial charge < -0.3 is 65.4 Å². The topological polar surface area (TPSA) is 291 Å². The highest BCUT2D eigenvalue weighted by molar-refractivity contribution is 7.99. The van der Waals surface area contributed by atoms with Gasteiger partial charge in [0, 0.05) is 80.5 Å². The third kappa shape index (κ3) is 24.6. The van der Waals surface area contributed by atoms with E-state index in [0.717, 1.165) is 18.0 Å². The first-order valence-corrected chi connectivity index (χ1v) is 35.6. The second-order valence-corrected chi connectivity index (χ2v) is 30.0. The average Bonchev–Trinajstić information content (AvgIpc) is 0.814. The summed E-state index contributed by atoms with van der Waals surface area (Å²) < 4.78 is 5.56. The minimum absolute atomic E-state index is 0.00590. The fourth-order valence-corrected chi connectivity index (χ4v) is 13.3. The van der Waals surface area contributed by atoms with Gasteiger partial charge in [-0.2, -0.15) is 11.8 Å². The fourth-order valence-electron chi connectivity index (χ4n) is 12.2. The molecule has 0 spiro atoms. The predicted molar refractivity (Wildman–Crippen MR) is 372 cm³/mol. The fraction of sp³-hybridized carbons (Fsp3) is 0.812. The van der Waals surface area contributed by atoms with Gasteiger partial charge in [-0.25, -0.2) is 0 Å². The SMILES string of the molecule is CC=CC[C@@H](C)[C@@H](O)[C@@H]1C(=O)N[C@H](CC)C(=O)N(C)[C@H](CSCCN2CCOCC2)C(=O)N(C)[C@@H](CC(C)C)C(=O)N[C@H](C(C)C)C(=O)N(C)[C@H](CC(C)C)C(=O)N[C@H](C)C(=O)N[C@@H](C)C(=O)N(C)[C@H](CC(C)C)C(=O)N(C)[C@H](CC(C)C)C(=O)N(C)[C@H](C(C)C)C(=O)N1C. The molecule has 0 unspecified atom stereocenters. The van der Waals surface area contributed by atoms with Crippen LogP contribution in [0.15, 0.2) is 12.2 Å². The van der Waals surface area contributed by atoms with E-state index >= 15 is 28.8 Å². The molecule has 2 fully saturated rings. The van der Waals surface area contributed by atoms with Crippen molar-refractivity contribution in [2.45, 2.75) is 229 Å². The molecule has 13 atom stereocenters. The van der Waals surface area contributed by atoms with Gasteiger partial charge in [0.15, 0.2) is 0 Å². The molecule has 0 saturated carbocycles. The summed E-state index contributed by atoms with van der Waals surface area (Å²) in [4.78, 5) is 175. The molecule has 2 rings (SSSR count). The Labute approximate surface area is 573 Å². The van der Waals surface area contributed by atoms with Crippen molar-refractivity contribution >= 4 is 76.7 Å². The van der Waals surface area contributed by atoms with Crippen molar-refractivity contribution in [3.8, 4) is 0 Å². The number of nitrogens with zero attached hydrogens (tertiary/aromatic N) is 8. The first-order chi connectivity index (χ1) is 44.2. The number of aliphatic hydroxyl groups excluding tert-OH is 1. The summed E-state index contributed by atoms with van der Waals surface area (Å²) >= 11 is 1.44. The van der Waals surface area contributed by atoms with E-state index in [2.05, 4.69) is 26.2 Å². The van der Waals surface area contributed by atoms with Crippen LogP contribution in [0.1, 0.15) is 156 Å². The van der Waals surface area contributed by atoms with E-state index < -0.39 is 155 Å². The molecule has 2 aliphatic heterocycles. The highest BCUT2D eigenvalue weighted by Gasteiger charge is 2.46. The number of amides is 11. The molecule has 2 heterocycles. The van der Waals surface area contributed by atoms with Crippen molar-refractivity contribution in [2.75, 3.05) is 93.7 Å². The third-order valence-electron chi connectivity index (χ3n) is 18.3. The van der Waals surface area contributed by atoms with Gasteiger partial charge in [0.05, 0.1) is 19.3 Å². The zero-order valence-corrected chi connectivity index (χ0v) is 63.0. The maximum atomic E-state index is 15.4. The highest BCUT2D eigenvalue weighted by atomic mass is 32.2. The smallest absolute Gasteiger partial charge is 0.246 e.